The molecule has 0 spiro atoms. The molecule has 1 N–H and O–H groups in total. The van der Waals surface area contributed by atoms with Crippen molar-refractivity contribution in [1.82, 2.24) is 5.32 Å². The summed E-state index contributed by atoms with van der Waals surface area (Å²) in [7, 11) is 1.63. The van der Waals surface area contributed by atoms with Gasteiger partial charge in [-0.05, 0) is 43.4 Å². The van der Waals surface area contributed by atoms with Crippen molar-refractivity contribution in [3.8, 4) is 5.75 Å². The zero-order chi connectivity index (χ0) is 13.7. The van der Waals surface area contributed by atoms with Crippen LogP contribution in [0.2, 0.25) is 0 Å². The molecule has 1 aliphatic carbocycles. The van der Waals surface area contributed by atoms with E-state index in [0.717, 1.165) is 47.6 Å². The summed E-state index contributed by atoms with van der Waals surface area (Å²) < 4.78 is 5.09. The molecule has 0 fully saturated rings. The predicted octanol–water partition coefficient (Wildman–Crippen LogP) is 3.38. The largest absolute Gasteiger partial charge is 0.497 e. The van der Waals surface area contributed by atoms with E-state index in [1.54, 1.807) is 7.11 Å². The number of ether oxygens (including phenoxy) is 1. The molecule has 0 unspecified atom stereocenters. The molecule has 0 bridgehead atoms. The lowest BCUT2D eigenvalue weighted by molar-refractivity contribution is -0.117. The second-order valence-corrected chi connectivity index (χ2v) is 5.08. The van der Waals surface area contributed by atoms with Gasteiger partial charge in [0.15, 0.2) is 0 Å². The number of rotatable bonds is 4. The van der Waals surface area contributed by atoms with Crippen molar-refractivity contribution in [1.29, 1.82) is 0 Å². The highest BCUT2D eigenvalue weighted by molar-refractivity contribution is 6.31. The monoisotopic (exact) mass is 279 g/mol. The lowest BCUT2D eigenvalue weighted by Gasteiger charge is -2.15. The summed E-state index contributed by atoms with van der Waals surface area (Å²) in [4.78, 5) is 12.0. The van der Waals surface area contributed by atoms with E-state index in [0.29, 0.717) is 6.54 Å². The van der Waals surface area contributed by atoms with Gasteiger partial charge >= 0.3 is 0 Å². The summed E-state index contributed by atoms with van der Waals surface area (Å²) in [5.74, 6) is 0.772. The summed E-state index contributed by atoms with van der Waals surface area (Å²) in [5.41, 5.74) is 1.79. The van der Waals surface area contributed by atoms with E-state index in [9.17, 15) is 4.79 Å². The van der Waals surface area contributed by atoms with Gasteiger partial charge in [0.1, 0.15) is 5.75 Å². The fraction of sp³-hybridized carbons (Fsp3) is 0.400. The number of nitrogens with one attached hydrogen (secondary N) is 1. The van der Waals surface area contributed by atoms with E-state index in [4.69, 9.17) is 16.3 Å². The van der Waals surface area contributed by atoms with Gasteiger partial charge in [0.25, 0.3) is 0 Å². The molecule has 1 aromatic rings. The first-order valence-corrected chi connectivity index (χ1v) is 6.87. The van der Waals surface area contributed by atoms with Gasteiger partial charge in [-0.2, -0.15) is 0 Å². The Bertz CT molecular complexity index is 479. The molecule has 0 radical (unpaired) electrons. The van der Waals surface area contributed by atoms with Crippen molar-refractivity contribution in [3.63, 3.8) is 0 Å². The van der Waals surface area contributed by atoms with E-state index in [1.165, 1.54) is 0 Å². The molecule has 102 valence electrons. The Hall–Kier alpha value is -1.48. The summed E-state index contributed by atoms with van der Waals surface area (Å²) >= 11 is 6.10. The highest BCUT2D eigenvalue weighted by atomic mass is 35.5. The summed E-state index contributed by atoms with van der Waals surface area (Å²) in [6.45, 7) is 0.510. The lowest BCUT2D eigenvalue weighted by atomic mass is 9.98. The van der Waals surface area contributed by atoms with Crippen molar-refractivity contribution in [2.45, 2.75) is 32.2 Å². The van der Waals surface area contributed by atoms with E-state index in [1.807, 2.05) is 24.3 Å². The van der Waals surface area contributed by atoms with Crippen LogP contribution in [0, 0.1) is 0 Å². The molecular formula is C15H18ClNO2. The zero-order valence-corrected chi connectivity index (χ0v) is 11.8. The highest BCUT2D eigenvalue weighted by Crippen LogP contribution is 2.27. The topological polar surface area (TPSA) is 38.3 Å². The van der Waals surface area contributed by atoms with Crippen LogP contribution in [0.15, 0.2) is 34.9 Å². The Morgan fingerprint density at radius 2 is 1.95 bits per heavy atom. The number of carbonyl (C=O) groups excluding carboxylic acids is 1. The Labute approximate surface area is 118 Å². The Morgan fingerprint density at radius 3 is 2.58 bits per heavy atom. The van der Waals surface area contributed by atoms with Gasteiger partial charge < -0.3 is 10.1 Å². The van der Waals surface area contributed by atoms with Gasteiger partial charge in [-0.1, -0.05) is 23.7 Å². The predicted molar refractivity (Wildman–Crippen MR) is 76.2 cm³/mol. The minimum absolute atomic E-state index is 0.0412. The second-order valence-electron chi connectivity index (χ2n) is 4.62. The van der Waals surface area contributed by atoms with Gasteiger partial charge in [0.2, 0.25) is 5.91 Å². The van der Waals surface area contributed by atoms with Crippen molar-refractivity contribution >= 4 is 17.5 Å². The zero-order valence-electron chi connectivity index (χ0n) is 11.0. The fourth-order valence-corrected chi connectivity index (χ4v) is 2.45. The van der Waals surface area contributed by atoms with Crippen LogP contribution in [-0.4, -0.2) is 13.0 Å². The summed E-state index contributed by atoms with van der Waals surface area (Å²) in [6, 6.07) is 7.65. The van der Waals surface area contributed by atoms with Gasteiger partial charge in [0.05, 0.1) is 7.11 Å². The van der Waals surface area contributed by atoms with Crippen LogP contribution in [0.4, 0.5) is 0 Å². The molecule has 0 aromatic heterocycles. The maximum absolute atomic E-state index is 12.0. The molecule has 0 atom stereocenters. The van der Waals surface area contributed by atoms with Gasteiger partial charge in [-0.25, -0.2) is 0 Å². The normalized spacial score (nSPS) is 15.3. The maximum atomic E-state index is 12.0. The third kappa shape index (κ3) is 3.74. The maximum Gasteiger partial charge on any atom is 0.248 e. The number of hydrogen-bond donors (Lipinski definition) is 1. The number of carbonyl (C=O) groups is 1. The number of amides is 1. The third-order valence-electron chi connectivity index (χ3n) is 3.29. The SMILES string of the molecule is COc1ccc(CNC(=O)C2=C(Cl)CCCC2)cc1. The molecule has 3 nitrogen and oxygen atoms in total. The fourth-order valence-electron chi connectivity index (χ4n) is 2.14. The van der Waals surface area contributed by atoms with E-state index in [2.05, 4.69) is 5.32 Å². The minimum Gasteiger partial charge on any atom is -0.497 e. The van der Waals surface area contributed by atoms with Crippen LogP contribution in [0.1, 0.15) is 31.2 Å². The second kappa shape index (κ2) is 6.62. The summed E-state index contributed by atoms with van der Waals surface area (Å²) in [5, 5.41) is 3.64. The average Bonchev–Trinajstić information content (AvgIpc) is 2.46. The number of benzene rings is 1. The number of allylic oxidation sites excluding steroid dienone is 1. The van der Waals surface area contributed by atoms with E-state index >= 15 is 0 Å². The molecule has 0 saturated carbocycles. The van der Waals surface area contributed by atoms with Gasteiger partial charge in [-0.15, -0.1) is 0 Å². The first kappa shape index (κ1) is 13.9. The van der Waals surface area contributed by atoms with Crippen LogP contribution in [0.3, 0.4) is 0 Å². The molecule has 1 amide bonds. The van der Waals surface area contributed by atoms with E-state index in [-0.39, 0.29) is 5.91 Å². The third-order valence-corrected chi connectivity index (χ3v) is 3.70. The number of halogens is 1. The molecule has 1 aromatic carbocycles. The van der Waals surface area contributed by atoms with E-state index < -0.39 is 0 Å². The standard InChI is InChI=1S/C15H18ClNO2/c1-19-12-8-6-11(7-9-12)10-17-15(18)13-4-2-3-5-14(13)16/h6-9H,2-5,10H2,1H3,(H,17,18). The summed E-state index contributed by atoms with van der Waals surface area (Å²) in [6.07, 6.45) is 3.73. The van der Waals surface area contributed by atoms with Crippen LogP contribution in [0.5, 0.6) is 5.75 Å². The molecule has 4 heteroatoms. The molecule has 19 heavy (non-hydrogen) atoms. The van der Waals surface area contributed by atoms with Crippen molar-refractivity contribution < 1.29 is 9.53 Å². The quantitative estimate of drug-likeness (QED) is 0.918. The van der Waals surface area contributed by atoms with Crippen LogP contribution < -0.4 is 10.1 Å². The molecule has 0 heterocycles. The Morgan fingerprint density at radius 1 is 1.26 bits per heavy atom. The Kier molecular flexibility index (Phi) is 4.86. The first-order chi connectivity index (χ1) is 9.20. The number of hydrogen-bond acceptors (Lipinski definition) is 2. The lowest BCUT2D eigenvalue weighted by Crippen LogP contribution is -2.26. The minimum atomic E-state index is -0.0412. The first-order valence-electron chi connectivity index (χ1n) is 6.49. The van der Waals surface area contributed by atoms with Crippen LogP contribution in [0.25, 0.3) is 0 Å². The highest BCUT2D eigenvalue weighted by Gasteiger charge is 2.17. The molecule has 1 aliphatic rings. The Balaban J connectivity index is 1.92. The number of methoxy groups -OCH3 is 1. The van der Waals surface area contributed by atoms with Crippen LogP contribution >= 0.6 is 11.6 Å². The van der Waals surface area contributed by atoms with Crippen molar-refractivity contribution in [2.24, 2.45) is 0 Å². The van der Waals surface area contributed by atoms with Crippen molar-refractivity contribution in [3.05, 3.63) is 40.4 Å². The molecule has 2 rings (SSSR count). The average molecular weight is 280 g/mol. The van der Waals surface area contributed by atoms with Crippen molar-refractivity contribution in [2.75, 3.05) is 7.11 Å². The smallest absolute Gasteiger partial charge is 0.248 e. The molecule has 0 aliphatic heterocycles. The molecular weight excluding hydrogens is 262 g/mol. The molecule has 0 saturated heterocycles. The van der Waals surface area contributed by atoms with Crippen LogP contribution in [-0.2, 0) is 11.3 Å². The van der Waals surface area contributed by atoms with Gasteiger partial charge in [0, 0.05) is 17.2 Å². The van der Waals surface area contributed by atoms with Gasteiger partial charge in [-0.3, -0.25) is 4.79 Å².